The van der Waals surface area contributed by atoms with Crippen LogP contribution in [0, 0.1) is 5.82 Å². The van der Waals surface area contributed by atoms with E-state index in [4.69, 9.17) is 10.2 Å². The van der Waals surface area contributed by atoms with Gasteiger partial charge in [-0.1, -0.05) is 15.9 Å². The minimum atomic E-state index is -4.67. The molecule has 1 aromatic rings. The Kier molecular flexibility index (Phi) is 5.60. The lowest BCUT2D eigenvalue weighted by atomic mass is 10.1. The van der Waals surface area contributed by atoms with Gasteiger partial charge in [-0.05, 0) is 22.0 Å². The van der Waals surface area contributed by atoms with Crippen LogP contribution in [-0.2, 0) is 6.18 Å². The van der Waals surface area contributed by atoms with Crippen LogP contribution in [0.3, 0.4) is 0 Å². The van der Waals surface area contributed by atoms with Gasteiger partial charge >= 0.3 is 6.18 Å². The molecule has 3 N–H and O–H groups in total. The van der Waals surface area contributed by atoms with Crippen LogP contribution in [0.15, 0.2) is 15.0 Å². The zero-order valence-electron chi connectivity index (χ0n) is 9.23. The standard InChI is InChI=1S/C10H9Br2F4NO2/c11-5-1-6(13)9(17-2-4(19)3-18)8(12)7(5)10(14,15)16/h1,4,17-19H,2-3H2. The second-order valence-corrected chi connectivity index (χ2v) is 5.27. The smallest absolute Gasteiger partial charge is 0.394 e. The van der Waals surface area contributed by atoms with E-state index < -0.39 is 44.9 Å². The maximum Gasteiger partial charge on any atom is 0.418 e. The molecule has 0 amide bonds. The Morgan fingerprint density at radius 3 is 2.37 bits per heavy atom. The number of rotatable bonds is 4. The lowest BCUT2D eigenvalue weighted by Crippen LogP contribution is -2.24. The van der Waals surface area contributed by atoms with Crippen LogP contribution in [0.1, 0.15) is 5.56 Å². The second kappa shape index (κ2) is 6.38. The molecule has 0 radical (unpaired) electrons. The Morgan fingerprint density at radius 2 is 1.89 bits per heavy atom. The summed E-state index contributed by atoms with van der Waals surface area (Å²) in [7, 11) is 0. The van der Waals surface area contributed by atoms with Gasteiger partial charge in [-0.3, -0.25) is 0 Å². The van der Waals surface area contributed by atoms with Crippen LogP contribution < -0.4 is 5.32 Å². The van der Waals surface area contributed by atoms with Crippen molar-refractivity contribution in [1.82, 2.24) is 0 Å². The highest BCUT2D eigenvalue weighted by atomic mass is 79.9. The predicted octanol–water partition coefficient (Wildman–Crippen LogP) is 3.13. The molecule has 9 heteroatoms. The van der Waals surface area contributed by atoms with Gasteiger partial charge in [0, 0.05) is 11.0 Å². The Balaban J connectivity index is 3.18. The van der Waals surface area contributed by atoms with E-state index in [-0.39, 0.29) is 6.54 Å². The van der Waals surface area contributed by atoms with Gasteiger partial charge in [0.1, 0.15) is 5.82 Å². The minimum Gasteiger partial charge on any atom is -0.394 e. The first-order valence-electron chi connectivity index (χ1n) is 4.96. The van der Waals surface area contributed by atoms with Crippen molar-refractivity contribution in [2.45, 2.75) is 12.3 Å². The number of hydrogen-bond donors (Lipinski definition) is 3. The number of anilines is 1. The van der Waals surface area contributed by atoms with Crippen molar-refractivity contribution in [2.75, 3.05) is 18.5 Å². The van der Waals surface area contributed by atoms with Gasteiger partial charge in [0.05, 0.1) is 28.4 Å². The first-order valence-corrected chi connectivity index (χ1v) is 6.54. The van der Waals surface area contributed by atoms with Gasteiger partial charge in [0.15, 0.2) is 0 Å². The van der Waals surface area contributed by atoms with Crippen molar-refractivity contribution in [3.05, 3.63) is 26.4 Å². The second-order valence-electron chi connectivity index (χ2n) is 3.62. The zero-order chi connectivity index (χ0) is 14.8. The molecule has 0 saturated heterocycles. The van der Waals surface area contributed by atoms with E-state index in [9.17, 15) is 17.6 Å². The van der Waals surface area contributed by atoms with Crippen molar-refractivity contribution in [2.24, 2.45) is 0 Å². The van der Waals surface area contributed by atoms with Gasteiger partial charge in [0.25, 0.3) is 0 Å². The molecular formula is C10H9Br2F4NO2. The molecule has 1 unspecified atom stereocenters. The van der Waals surface area contributed by atoms with Crippen LogP contribution in [-0.4, -0.2) is 29.5 Å². The van der Waals surface area contributed by atoms with Crippen LogP contribution in [0.4, 0.5) is 23.2 Å². The van der Waals surface area contributed by atoms with E-state index in [1.807, 2.05) is 0 Å². The van der Waals surface area contributed by atoms with Gasteiger partial charge in [-0.25, -0.2) is 4.39 Å². The van der Waals surface area contributed by atoms with Crippen LogP contribution in [0.5, 0.6) is 0 Å². The summed E-state index contributed by atoms with van der Waals surface area (Å²) in [5.41, 5.74) is -1.49. The molecule has 108 valence electrons. The molecule has 0 saturated carbocycles. The molecule has 0 aliphatic rings. The van der Waals surface area contributed by atoms with Gasteiger partial charge in [0.2, 0.25) is 0 Å². The summed E-state index contributed by atoms with van der Waals surface area (Å²) in [6.45, 7) is -0.875. The van der Waals surface area contributed by atoms with E-state index in [2.05, 4.69) is 37.2 Å². The average molecular weight is 411 g/mol. The third-order valence-corrected chi connectivity index (χ3v) is 3.60. The number of alkyl halides is 3. The molecule has 1 aromatic carbocycles. The molecule has 0 aromatic heterocycles. The van der Waals surface area contributed by atoms with Crippen molar-refractivity contribution >= 4 is 37.5 Å². The SMILES string of the molecule is OCC(O)CNc1c(F)cc(Br)c(C(F)(F)F)c1Br. The Bertz CT molecular complexity index is 468. The van der Waals surface area contributed by atoms with Gasteiger partial charge in [-0.15, -0.1) is 0 Å². The molecule has 1 rings (SSSR count). The van der Waals surface area contributed by atoms with E-state index in [0.717, 1.165) is 0 Å². The predicted molar refractivity (Wildman–Crippen MR) is 68.4 cm³/mol. The first kappa shape index (κ1) is 16.7. The molecule has 1 atom stereocenters. The Labute approximate surface area is 122 Å². The minimum absolute atomic E-state index is 0.287. The summed E-state index contributed by atoms with van der Waals surface area (Å²) in [6.07, 6.45) is -5.87. The first-order chi connectivity index (χ1) is 8.68. The third kappa shape index (κ3) is 4.04. The monoisotopic (exact) mass is 409 g/mol. The summed E-state index contributed by atoms with van der Waals surface area (Å²) >= 11 is 5.35. The highest BCUT2D eigenvalue weighted by molar-refractivity contribution is 9.11. The fourth-order valence-corrected chi connectivity index (χ4v) is 2.95. The molecule has 0 heterocycles. The maximum atomic E-state index is 13.6. The van der Waals surface area contributed by atoms with E-state index in [1.54, 1.807) is 0 Å². The molecule has 0 aliphatic carbocycles. The zero-order valence-corrected chi connectivity index (χ0v) is 12.4. The fraction of sp³-hybridized carbons (Fsp3) is 0.400. The van der Waals surface area contributed by atoms with Gasteiger partial charge < -0.3 is 15.5 Å². The lowest BCUT2D eigenvalue weighted by Gasteiger charge is -2.17. The maximum absolute atomic E-state index is 13.6. The summed E-state index contributed by atoms with van der Waals surface area (Å²) in [6, 6.07) is 0.682. The quantitative estimate of drug-likeness (QED) is 0.668. The topological polar surface area (TPSA) is 52.5 Å². The highest BCUT2D eigenvalue weighted by Gasteiger charge is 2.37. The van der Waals surface area contributed by atoms with E-state index >= 15 is 0 Å². The normalized spacial score (nSPS) is 13.5. The van der Waals surface area contributed by atoms with Crippen LogP contribution >= 0.6 is 31.9 Å². The summed E-state index contributed by atoms with van der Waals surface area (Å²) in [4.78, 5) is 0. The molecule has 19 heavy (non-hydrogen) atoms. The van der Waals surface area contributed by atoms with E-state index in [1.165, 1.54) is 0 Å². The number of hydrogen-bond acceptors (Lipinski definition) is 3. The molecule has 0 bridgehead atoms. The number of aliphatic hydroxyl groups excluding tert-OH is 2. The lowest BCUT2D eigenvalue weighted by molar-refractivity contribution is -0.138. The van der Waals surface area contributed by atoms with Crippen molar-refractivity contribution in [3.63, 3.8) is 0 Å². The molecule has 0 aliphatic heterocycles. The highest BCUT2D eigenvalue weighted by Crippen LogP contribution is 2.44. The molecule has 3 nitrogen and oxygen atoms in total. The fourth-order valence-electron chi connectivity index (χ4n) is 1.30. The Morgan fingerprint density at radius 1 is 1.32 bits per heavy atom. The van der Waals surface area contributed by atoms with Crippen LogP contribution in [0.2, 0.25) is 0 Å². The van der Waals surface area contributed by atoms with Crippen LogP contribution in [0.25, 0.3) is 0 Å². The van der Waals surface area contributed by atoms with E-state index in [0.29, 0.717) is 6.07 Å². The molecule has 0 fully saturated rings. The summed E-state index contributed by atoms with van der Waals surface area (Å²) in [5.74, 6) is -0.920. The number of nitrogens with one attached hydrogen (secondary N) is 1. The number of benzene rings is 1. The van der Waals surface area contributed by atoms with Crippen molar-refractivity contribution in [1.29, 1.82) is 0 Å². The number of aliphatic hydroxyl groups is 2. The largest absolute Gasteiger partial charge is 0.418 e. The van der Waals surface area contributed by atoms with Gasteiger partial charge in [-0.2, -0.15) is 13.2 Å². The number of halogens is 6. The Hall–Kier alpha value is -0.380. The summed E-state index contributed by atoms with van der Waals surface area (Å²) < 4.78 is 51.0. The van der Waals surface area contributed by atoms with Crippen molar-refractivity contribution < 1.29 is 27.8 Å². The average Bonchev–Trinajstić information content (AvgIpc) is 2.25. The molecular weight excluding hydrogens is 402 g/mol. The summed E-state index contributed by atoms with van der Waals surface area (Å²) in [5, 5.41) is 20.0. The molecule has 0 spiro atoms. The van der Waals surface area contributed by atoms with Crippen molar-refractivity contribution in [3.8, 4) is 0 Å². The third-order valence-electron chi connectivity index (χ3n) is 2.18.